The number of benzene rings is 1. The minimum Gasteiger partial charge on any atom is -0.493 e. The molecule has 0 N–H and O–H groups in total. The summed E-state index contributed by atoms with van der Waals surface area (Å²) in [5, 5.41) is 0. The van der Waals surface area contributed by atoms with Gasteiger partial charge in [0.25, 0.3) is 5.56 Å². The Morgan fingerprint density at radius 2 is 1.79 bits per heavy atom. The molecule has 1 aromatic carbocycles. The van der Waals surface area contributed by atoms with Crippen molar-refractivity contribution in [2.45, 2.75) is 20.8 Å². The Bertz CT molecular complexity index is 597. The van der Waals surface area contributed by atoms with Crippen LogP contribution >= 0.6 is 0 Å². The van der Waals surface area contributed by atoms with E-state index >= 15 is 0 Å². The smallest absolute Gasteiger partial charge is 0.255 e. The van der Waals surface area contributed by atoms with Crippen molar-refractivity contribution in [2.24, 2.45) is 5.92 Å². The van der Waals surface area contributed by atoms with Gasteiger partial charge in [0.1, 0.15) is 5.75 Å². The van der Waals surface area contributed by atoms with Crippen molar-refractivity contribution >= 4 is 0 Å². The van der Waals surface area contributed by atoms with Crippen LogP contribution in [0.25, 0.3) is 5.69 Å². The van der Waals surface area contributed by atoms with E-state index in [4.69, 9.17) is 4.74 Å². The summed E-state index contributed by atoms with van der Waals surface area (Å²) in [7, 11) is 0. The normalized spacial score (nSPS) is 10.7. The van der Waals surface area contributed by atoms with Gasteiger partial charge < -0.3 is 4.74 Å². The third-order valence-corrected chi connectivity index (χ3v) is 2.76. The van der Waals surface area contributed by atoms with Crippen LogP contribution in [0.5, 0.6) is 5.75 Å². The molecule has 0 saturated heterocycles. The molecule has 1 aromatic heterocycles. The van der Waals surface area contributed by atoms with Crippen molar-refractivity contribution in [1.29, 1.82) is 0 Å². The maximum atomic E-state index is 11.8. The van der Waals surface area contributed by atoms with E-state index in [1.54, 1.807) is 10.6 Å². The van der Waals surface area contributed by atoms with Gasteiger partial charge in [-0.25, -0.2) is 0 Å². The second-order valence-corrected chi connectivity index (χ2v) is 5.11. The van der Waals surface area contributed by atoms with Gasteiger partial charge in [-0.3, -0.25) is 9.36 Å². The average molecular weight is 257 g/mol. The molecule has 2 rings (SSSR count). The summed E-state index contributed by atoms with van der Waals surface area (Å²) in [5.41, 5.74) is 1.88. The standard InChI is InChI=1S/C16H19NO2/c1-12(2)11-19-15-7-5-14(6-8-15)17-10-13(3)4-9-16(17)18/h4-10,12H,11H2,1-3H3. The van der Waals surface area contributed by atoms with Crippen LogP contribution in [0.1, 0.15) is 19.4 Å². The fraction of sp³-hybridized carbons (Fsp3) is 0.312. The summed E-state index contributed by atoms with van der Waals surface area (Å²) in [6.45, 7) is 6.89. The van der Waals surface area contributed by atoms with Gasteiger partial charge >= 0.3 is 0 Å². The van der Waals surface area contributed by atoms with E-state index in [1.165, 1.54) is 0 Å². The van der Waals surface area contributed by atoms with Gasteiger partial charge in [-0.2, -0.15) is 0 Å². The molecule has 0 amide bonds. The first-order valence-electron chi connectivity index (χ1n) is 6.49. The summed E-state index contributed by atoms with van der Waals surface area (Å²) in [5.74, 6) is 1.33. The Morgan fingerprint density at radius 1 is 1.11 bits per heavy atom. The van der Waals surface area contributed by atoms with E-state index in [9.17, 15) is 4.79 Å². The van der Waals surface area contributed by atoms with Gasteiger partial charge in [-0.05, 0) is 42.7 Å². The molecule has 0 aliphatic heterocycles. The lowest BCUT2D eigenvalue weighted by Gasteiger charge is -2.10. The van der Waals surface area contributed by atoms with E-state index in [0.717, 1.165) is 17.0 Å². The molecule has 3 heteroatoms. The highest BCUT2D eigenvalue weighted by Crippen LogP contribution is 2.15. The quantitative estimate of drug-likeness (QED) is 0.842. The lowest BCUT2D eigenvalue weighted by atomic mass is 10.2. The third-order valence-electron chi connectivity index (χ3n) is 2.76. The minimum atomic E-state index is -0.0264. The summed E-state index contributed by atoms with van der Waals surface area (Å²) < 4.78 is 7.27. The predicted molar refractivity (Wildman–Crippen MR) is 77.1 cm³/mol. The molecule has 3 nitrogen and oxygen atoms in total. The Morgan fingerprint density at radius 3 is 2.42 bits per heavy atom. The zero-order valence-corrected chi connectivity index (χ0v) is 11.6. The molecule has 0 fully saturated rings. The fourth-order valence-electron chi connectivity index (χ4n) is 1.76. The third kappa shape index (κ3) is 3.47. The topological polar surface area (TPSA) is 31.2 Å². The van der Waals surface area contributed by atoms with E-state index < -0.39 is 0 Å². The zero-order chi connectivity index (χ0) is 13.8. The molecule has 0 radical (unpaired) electrons. The molecule has 0 aliphatic carbocycles. The van der Waals surface area contributed by atoms with Gasteiger partial charge in [0, 0.05) is 18.0 Å². The Hall–Kier alpha value is -2.03. The Kier molecular flexibility index (Phi) is 4.05. The zero-order valence-electron chi connectivity index (χ0n) is 11.6. The number of hydrogen-bond donors (Lipinski definition) is 0. The van der Waals surface area contributed by atoms with Crippen molar-refractivity contribution in [3.8, 4) is 11.4 Å². The molecule has 100 valence electrons. The molecular formula is C16H19NO2. The van der Waals surface area contributed by atoms with Crippen LogP contribution in [0.2, 0.25) is 0 Å². The second-order valence-electron chi connectivity index (χ2n) is 5.11. The number of nitrogens with zero attached hydrogens (tertiary/aromatic N) is 1. The van der Waals surface area contributed by atoms with E-state index in [2.05, 4.69) is 13.8 Å². The molecular weight excluding hydrogens is 238 g/mol. The van der Waals surface area contributed by atoms with Crippen molar-refractivity contribution in [3.05, 3.63) is 58.5 Å². The largest absolute Gasteiger partial charge is 0.493 e. The van der Waals surface area contributed by atoms with Crippen LogP contribution in [-0.4, -0.2) is 11.2 Å². The Balaban J connectivity index is 2.22. The highest BCUT2D eigenvalue weighted by atomic mass is 16.5. The molecule has 19 heavy (non-hydrogen) atoms. The predicted octanol–water partition coefficient (Wildman–Crippen LogP) is 3.18. The monoisotopic (exact) mass is 257 g/mol. The summed E-state index contributed by atoms with van der Waals surface area (Å²) in [6, 6.07) is 11.0. The average Bonchev–Trinajstić information content (AvgIpc) is 2.40. The highest BCUT2D eigenvalue weighted by molar-refractivity contribution is 5.38. The molecule has 0 spiro atoms. The van der Waals surface area contributed by atoms with Crippen molar-refractivity contribution in [1.82, 2.24) is 4.57 Å². The molecule has 0 bridgehead atoms. The number of hydrogen-bond acceptors (Lipinski definition) is 2. The molecule has 0 atom stereocenters. The fourth-order valence-corrected chi connectivity index (χ4v) is 1.76. The van der Waals surface area contributed by atoms with Crippen LogP contribution in [0.4, 0.5) is 0 Å². The summed E-state index contributed by atoms with van der Waals surface area (Å²) in [6.07, 6.45) is 1.84. The maximum Gasteiger partial charge on any atom is 0.255 e. The van der Waals surface area contributed by atoms with Gasteiger partial charge in [-0.1, -0.05) is 19.9 Å². The number of aryl methyl sites for hydroxylation is 1. The van der Waals surface area contributed by atoms with Crippen molar-refractivity contribution < 1.29 is 4.74 Å². The molecule has 0 aliphatic rings. The Labute approximate surface area is 113 Å². The number of pyridine rings is 1. The first kappa shape index (κ1) is 13.4. The van der Waals surface area contributed by atoms with Gasteiger partial charge in [0.15, 0.2) is 0 Å². The van der Waals surface area contributed by atoms with Crippen LogP contribution in [0, 0.1) is 12.8 Å². The molecule has 2 aromatic rings. The minimum absolute atomic E-state index is 0.0264. The first-order chi connectivity index (χ1) is 9.06. The van der Waals surface area contributed by atoms with Crippen LogP contribution in [-0.2, 0) is 0 Å². The summed E-state index contributed by atoms with van der Waals surface area (Å²) in [4.78, 5) is 11.8. The van der Waals surface area contributed by atoms with E-state index in [0.29, 0.717) is 12.5 Å². The summed E-state index contributed by atoms with van der Waals surface area (Å²) >= 11 is 0. The highest BCUT2D eigenvalue weighted by Gasteiger charge is 2.01. The van der Waals surface area contributed by atoms with Crippen LogP contribution < -0.4 is 10.3 Å². The maximum absolute atomic E-state index is 11.8. The lowest BCUT2D eigenvalue weighted by Crippen LogP contribution is -2.16. The van der Waals surface area contributed by atoms with Gasteiger partial charge in [0.05, 0.1) is 6.61 Å². The molecule has 0 saturated carbocycles. The van der Waals surface area contributed by atoms with E-state index in [-0.39, 0.29) is 5.56 Å². The van der Waals surface area contributed by atoms with E-state index in [1.807, 2.05) is 43.5 Å². The van der Waals surface area contributed by atoms with Crippen LogP contribution in [0.15, 0.2) is 47.4 Å². The van der Waals surface area contributed by atoms with Crippen molar-refractivity contribution in [3.63, 3.8) is 0 Å². The van der Waals surface area contributed by atoms with Crippen molar-refractivity contribution in [2.75, 3.05) is 6.61 Å². The molecule has 1 heterocycles. The second kappa shape index (κ2) is 5.74. The van der Waals surface area contributed by atoms with Gasteiger partial charge in [-0.15, -0.1) is 0 Å². The number of ether oxygens (including phenoxy) is 1. The molecule has 0 unspecified atom stereocenters. The number of aromatic nitrogens is 1. The first-order valence-corrected chi connectivity index (χ1v) is 6.49. The van der Waals surface area contributed by atoms with Crippen LogP contribution in [0.3, 0.4) is 0 Å². The lowest BCUT2D eigenvalue weighted by molar-refractivity contribution is 0.271. The van der Waals surface area contributed by atoms with Gasteiger partial charge in [0.2, 0.25) is 0 Å². The number of rotatable bonds is 4. The SMILES string of the molecule is Cc1ccc(=O)n(-c2ccc(OCC(C)C)cc2)c1.